The van der Waals surface area contributed by atoms with Crippen molar-refractivity contribution in [1.29, 1.82) is 0 Å². The molecule has 2 nitrogen and oxygen atoms in total. The molecular weight excluding hydrogens is 262 g/mol. The molecule has 0 heterocycles. The van der Waals surface area contributed by atoms with Crippen LogP contribution in [0, 0.1) is 6.92 Å². The minimum atomic E-state index is -0.157. The number of carbonyl (C=O) groups is 1. The van der Waals surface area contributed by atoms with Crippen LogP contribution in [0.2, 0.25) is 0 Å². The molecule has 0 spiro atoms. The van der Waals surface area contributed by atoms with Gasteiger partial charge in [-0.15, -0.1) is 0 Å². The van der Waals surface area contributed by atoms with Crippen LogP contribution in [-0.2, 0) is 25.9 Å². The molecule has 0 fully saturated rings. The molecule has 42 valence electrons. The summed E-state index contributed by atoms with van der Waals surface area (Å²) in [4.78, 5) is 11.4. The predicted molar refractivity (Wildman–Crippen MR) is 24.1 cm³/mol. The second-order valence-electron chi connectivity index (χ2n) is 1.29. The van der Waals surface area contributed by atoms with Gasteiger partial charge in [0.2, 0.25) is 0 Å². The Kier molecular flexibility index (Phi) is 6.05. The molecule has 0 bridgehead atoms. The Morgan fingerprint density at radius 3 is 1.71 bits per heavy atom. The Bertz CT molecular complexity index is 62.7. The Morgan fingerprint density at radius 1 is 1.57 bits per heavy atom. The summed E-state index contributed by atoms with van der Waals surface area (Å²) in [5, 5.41) is 0. The first-order chi connectivity index (χ1) is 2.64. The van der Waals surface area contributed by atoms with Gasteiger partial charge in [0.05, 0.1) is 5.91 Å². The van der Waals surface area contributed by atoms with Gasteiger partial charge in [-0.25, -0.2) is 0 Å². The van der Waals surface area contributed by atoms with Gasteiger partial charge in [0, 0.05) is 35.2 Å². The maximum Gasteiger partial charge on any atom is 0.0817 e. The fourth-order valence-electron chi connectivity index (χ4n) is 0. The zero-order valence-corrected chi connectivity index (χ0v) is 7.40. The maximum atomic E-state index is 9.96. The van der Waals surface area contributed by atoms with Crippen molar-refractivity contribution in [3.8, 4) is 0 Å². The average molecular weight is 270 g/mol. The smallest absolute Gasteiger partial charge is 0.0817 e. The van der Waals surface area contributed by atoms with Crippen LogP contribution >= 0.6 is 0 Å². The number of hydrogen-bond acceptors (Lipinski definition) is 1. The monoisotopic (exact) mass is 270 g/mol. The number of nitrogens with zero attached hydrogens (tertiary/aromatic N) is 1. The molecule has 0 atom stereocenters. The molecule has 0 rings (SSSR count). The van der Waals surface area contributed by atoms with Gasteiger partial charge in [-0.1, -0.05) is 0 Å². The fraction of sp³-hybridized carbons (Fsp3) is 0.500. The molecule has 0 aliphatic heterocycles. The zero-order chi connectivity index (χ0) is 5.15. The minimum Gasteiger partial charge on any atom is -0.374 e. The van der Waals surface area contributed by atoms with Crippen molar-refractivity contribution in [3.63, 3.8) is 0 Å². The minimum absolute atomic E-state index is 0. The van der Waals surface area contributed by atoms with E-state index in [0.717, 1.165) is 0 Å². The predicted octanol–water partition coefficient (Wildman–Crippen LogP) is -0.0938. The molecule has 0 radical (unpaired) electrons. The quantitative estimate of drug-likeness (QED) is 0.563. The SMILES string of the molecule is [CH2-]C(=O)N(C)C.[W]. The van der Waals surface area contributed by atoms with E-state index in [1.54, 1.807) is 14.1 Å². The van der Waals surface area contributed by atoms with E-state index in [2.05, 4.69) is 6.92 Å². The van der Waals surface area contributed by atoms with Gasteiger partial charge < -0.3 is 16.6 Å². The van der Waals surface area contributed by atoms with Crippen molar-refractivity contribution in [3.05, 3.63) is 6.92 Å². The third-order valence-corrected chi connectivity index (χ3v) is 0.499. The molecule has 0 N–H and O–H groups in total. The molecule has 0 aromatic carbocycles. The first kappa shape index (κ1) is 10.1. The molecule has 7 heavy (non-hydrogen) atoms. The molecule has 0 saturated carbocycles. The van der Waals surface area contributed by atoms with Crippen LogP contribution in [0.15, 0.2) is 0 Å². The van der Waals surface area contributed by atoms with Gasteiger partial charge in [0.1, 0.15) is 0 Å². The largest absolute Gasteiger partial charge is 0.374 e. The van der Waals surface area contributed by atoms with Crippen LogP contribution in [0.5, 0.6) is 0 Å². The summed E-state index contributed by atoms with van der Waals surface area (Å²) in [5.74, 6) is -0.157. The molecule has 0 aliphatic carbocycles. The second kappa shape index (κ2) is 4.19. The van der Waals surface area contributed by atoms with Gasteiger partial charge >= 0.3 is 0 Å². The van der Waals surface area contributed by atoms with Gasteiger partial charge in [0.25, 0.3) is 0 Å². The van der Waals surface area contributed by atoms with E-state index >= 15 is 0 Å². The second-order valence-corrected chi connectivity index (χ2v) is 1.29. The summed E-state index contributed by atoms with van der Waals surface area (Å²) in [7, 11) is 3.32. The van der Waals surface area contributed by atoms with Crippen LogP contribution in [0.3, 0.4) is 0 Å². The van der Waals surface area contributed by atoms with Crippen molar-refractivity contribution in [2.24, 2.45) is 0 Å². The van der Waals surface area contributed by atoms with Crippen LogP contribution in [0.4, 0.5) is 0 Å². The number of hydrogen-bond donors (Lipinski definition) is 0. The molecule has 0 saturated heterocycles. The van der Waals surface area contributed by atoms with Crippen molar-refractivity contribution in [1.82, 2.24) is 4.90 Å². The van der Waals surface area contributed by atoms with Crippen molar-refractivity contribution < 1.29 is 25.9 Å². The third kappa shape index (κ3) is 6.03. The zero-order valence-electron chi connectivity index (χ0n) is 4.47. The summed E-state index contributed by atoms with van der Waals surface area (Å²) in [5.41, 5.74) is 0. The van der Waals surface area contributed by atoms with E-state index in [1.807, 2.05) is 0 Å². The first-order valence-corrected chi connectivity index (χ1v) is 1.68. The summed E-state index contributed by atoms with van der Waals surface area (Å²) in [6, 6.07) is 0. The molecule has 0 aromatic rings. The molecule has 0 aliphatic rings. The van der Waals surface area contributed by atoms with E-state index < -0.39 is 0 Å². The average Bonchev–Trinajstić information content (AvgIpc) is 1.36. The van der Waals surface area contributed by atoms with Gasteiger partial charge in [-0.2, -0.15) is 0 Å². The van der Waals surface area contributed by atoms with Crippen LogP contribution in [-0.4, -0.2) is 24.9 Å². The number of amides is 1. The van der Waals surface area contributed by atoms with Crippen LogP contribution < -0.4 is 0 Å². The van der Waals surface area contributed by atoms with Crippen LogP contribution in [0.1, 0.15) is 0 Å². The Hall–Kier alpha value is 0.0283. The molecule has 1 amide bonds. The summed E-state index contributed by atoms with van der Waals surface area (Å²) in [6.45, 7) is 3.12. The molecule has 3 heteroatoms. The van der Waals surface area contributed by atoms with Gasteiger partial charge in [0.15, 0.2) is 0 Å². The Labute approximate surface area is 58.1 Å². The van der Waals surface area contributed by atoms with E-state index in [9.17, 15) is 4.79 Å². The fourth-order valence-corrected chi connectivity index (χ4v) is 0. The van der Waals surface area contributed by atoms with E-state index in [1.165, 1.54) is 4.90 Å². The van der Waals surface area contributed by atoms with Crippen LogP contribution in [0.25, 0.3) is 0 Å². The van der Waals surface area contributed by atoms with E-state index in [-0.39, 0.29) is 27.0 Å². The first-order valence-electron chi connectivity index (χ1n) is 1.68. The third-order valence-electron chi connectivity index (χ3n) is 0.499. The Morgan fingerprint density at radius 2 is 1.71 bits per heavy atom. The van der Waals surface area contributed by atoms with E-state index in [0.29, 0.717) is 0 Å². The molecule has 0 unspecified atom stereocenters. The van der Waals surface area contributed by atoms with Crippen molar-refractivity contribution >= 4 is 5.91 Å². The van der Waals surface area contributed by atoms with Gasteiger partial charge in [-0.3, -0.25) is 0 Å². The standard InChI is InChI=1S/C4H8NO.W/c1-4(6)5(2)3;/h1H2,2-3H3;/q-1;. The van der Waals surface area contributed by atoms with Crippen molar-refractivity contribution in [2.45, 2.75) is 0 Å². The topological polar surface area (TPSA) is 20.3 Å². The molecular formula is C4H8NOW-. The summed E-state index contributed by atoms with van der Waals surface area (Å²) in [6.07, 6.45) is 0. The number of rotatable bonds is 0. The van der Waals surface area contributed by atoms with Gasteiger partial charge in [-0.05, 0) is 0 Å². The maximum absolute atomic E-state index is 9.96. The molecule has 0 aromatic heterocycles. The Balaban J connectivity index is 0. The summed E-state index contributed by atoms with van der Waals surface area (Å²) >= 11 is 0. The van der Waals surface area contributed by atoms with Crippen molar-refractivity contribution in [2.75, 3.05) is 14.1 Å². The summed E-state index contributed by atoms with van der Waals surface area (Å²) < 4.78 is 0. The number of carbonyl (C=O) groups excluding carboxylic acids is 1. The van der Waals surface area contributed by atoms with E-state index in [4.69, 9.17) is 0 Å². The normalized spacial score (nSPS) is 6.57.